The molecule has 6 amide bonds. The van der Waals surface area contributed by atoms with E-state index in [1.165, 1.54) is 24.0 Å². The van der Waals surface area contributed by atoms with Crippen LogP contribution in [0.4, 0.5) is 0 Å². The Labute approximate surface area is 345 Å². The summed E-state index contributed by atoms with van der Waals surface area (Å²) in [5.74, 6) is 5.25. The highest BCUT2D eigenvalue weighted by Gasteiger charge is 2.32. The quantitative estimate of drug-likeness (QED) is 0.0661. The second-order valence-electron chi connectivity index (χ2n) is 11.7. The number of likely N-dealkylation sites (N-methyl/N-ethyl adjacent to an activating group) is 1. The molecular formula is C42H78N8O7. The number of hydrogen-bond acceptors (Lipinski definition) is 9. The molecule has 2 saturated heterocycles. The number of likely N-dealkylation sites (tertiary alicyclic amines) is 2. The average Bonchev–Trinajstić information content (AvgIpc) is 3.98. The topological polar surface area (TPSA) is 204 Å². The Morgan fingerprint density at radius 3 is 1.89 bits per heavy atom. The van der Waals surface area contributed by atoms with Gasteiger partial charge in [0, 0.05) is 33.2 Å². The van der Waals surface area contributed by atoms with Crippen molar-refractivity contribution in [2.45, 2.75) is 105 Å². The van der Waals surface area contributed by atoms with Gasteiger partial charge in [0.25, 0.3) is 0 Å². The SMILES string of the molecule is C=C.C=C/C=C\C1=C(C)CCCC1NC=O.CC.CC#CCOC(C)C(NC(=O)CNC)C(=O)N1CCCC1.CCNC.CNC=O.NC=O.O=CN1CCCC1. The normalized spacial score (nSPS) is 15.5. The van der Waals surface area contributed by atoms with Crippen molar-refractivity contribution < 1.29 is 33.5 Å². The molecule has 2 fully saturated rings. The molecule has 1 aliphatic carbocycles. The van der Waals surface area contributed by atoms with Crippen molar-refractivity contribution in [3.05, 3.63) is 49.1 Å². The van der Waals surface area contributed by atoms with E-state index in [1.54, 1.807) is 43.8 Å². The Hall–Kier alpha value is -4.78. The van der Waals surface area contributed by atoms with Crippen molar-refractivity contribution in [1.82, 2.24) is 36.4 Å². The Kier molecular flexibility index (Phi) is 53.1. The van der Waals surface area contributed by atoms with Gasteiger partial charge in [0.15, 0.2) is 0 Å². The first kappa shape index (κ1) is 61.4. The van der Waals surface area contributed by atoms with Gasteiger partial charge >= 0.3 is 0 Å². The lowest BCUT2D eigenvalue weighted by Crippen LogP contribution is -2.55. The molecule has 15 heteroatoms. The predicted octanol–water partition coefficient (Wildman–Crippen LogP) is 2.84. The minimum atomic E-state index is -0.664. The van der Waals surface area contributed by atoms with Gasteiger partial charge in [-0.2, -0.15) is 0 Å². The molecule has 3 rings (SSSR count). The number of allylic oxidation sites excluding steroid dienone is 3. The molecule has 0 aromatic rings. The Morgan fingerprint density at radius 2 is 1.49 bits per heavy atom. The van der Waals surface area contributed by atoms with Gasteiger partial charge in [-0.1, -0.05) is 57.1 Å². The van der Waals surface area contributed by atoms with Gasteiger partial charge in [-0.25, -0.2) is 0 Å². The summed E-state index contributed by atoms with van der Waals surface area (Å²) in [5, 5.41) is 13.6. The molecule has 0 aromatic carbocycles. The summed E-state index contributed by atoms with van der Waals surface area (Å²) < 4.78 is 5.55. The fourth-order valence-corrected chi connectivity index (χ4v) is 4.94. The van der Waals surface area contributed by atoms with Crippen molar-refractivity contribution >= 4 is 37.5 Å². The highest BCUT2D eigenvalue weighted by molar-refractivity contribution is 5.89. The average molecular weight is 807 g/mol. The van der Waals surface area contributed by atoms with E-state index in [1.807, 2.05) is 33.0 Å². The van der Waals surface area contributed by atoms with Crippen LogP contribution in [0.15, 0.2) is 49.1 Å². The lowest BCUT2D eigenvalue weighted by Gasteiger charge is -2.28. The molecular weight excluding hydrogens is 729 g/mol. The van der Waals surface area contributed by atoms with E-state index < -0.39 is 12.1 Å². The Morgan fingerprint density at radius 1 is 0.965 bits per heavy atom. The van der Waals surface area contributed by atoms with E-state index in [0.717, 1.165) is 77.6 Å². The maximum absolute atomic E-state index is 12.5. The van der Waals surface area contributed by atoms with E-state index in [9.17, 15) is 19.2 Å². The molecule has 0 saturated carbocycles. The fraction of sp³-hybridized carbons (Fsp3) is 0.619. The van der Waals surface area contributed by atoms with E-state index in [4.69, 9.17) is 14.3 Å². The van der Waals surface area contributed by atoms with Crippen LogP contribution in [0.2, 0.25) is 0 Å². The summed E-state index contributed by atoms with van der Waals surface area (Å²) in [7, 11) is 5.18. The van der Waals surface area contributed by atoms with E-state index in [2.05, 4.69) is 77.7 Å². The summed E-state index contributed by atoms with van der Waals surface area (Å²) in [6, 6.07) is -0.472. The van der Waals surface area contributed by atoms with E-state index in [-0.39, 0.29) is 37.4 Å². The first-order valence-electron chi connectivity index (χ1n) is 19.6. The lowest BCUT2D eigenvalue weighted by atomic mass is 9.88. The first-order valence-corrected chi connectivity index (χ1v) is 19.6. The van der Waals surface area contributed by atoms with Crippen LogP contribution in [-0.4, -0.2) is 132 Å². The largest absolute Gasteiger partial charge is 0.372 e. The molecule has 57 heavy (non-hydrogen) atoms. The zero-order chi connectivity index (χ0) is 44.7. The number of nitrogens with one attached hydrogen (secondary N) is 5. The molecule has 7 N–H and O–H groups in total. The van der Waals surface area contributed by atoms with Crippen LogP contribution in [0.25, 0.3) is 0 Å². The zero-order valence-electron chi connectivity index (χ0n) is 36.6. The standard InChI is InChI=1S/C15H25N3O3.C12H17NO.C5H9NO.C3H9N.C2H5NO.C2H6.C2H4.CH3NO/c1-4-5-10-21-12(2)14(17-13(19)11-16-3)15(20)18-8-6-7-9-18;1-3-4-7-11-10(2)6-5-8-12(11)13-9-14;7-5-6-3-1-2-4-6;1-3-4-2;1-3-2-4;2*1-2;2-1-3/h12,14,16H,6-11H2,1-3H3,(H,17,19);3-4,7,9,12H,1,5-6,8H2,2H3,(H,13,14);5H,1-4H2;4H,3H2,1-2H3;2H,1H3,(H,3,4);1-2H3;1-2H2;1H,(H2,2,3)/b;7-4-;;;;;;. The number of nitrogens with two attached hydrogens (primary N) is 1. The third-order valence-electron chi connectivity index (χ3n) is 7.76. The maximum Gasteiger partial charge on any atom is 0.247 e. The number of carbonyl (C=O) groups is 6. The second kappa shape index (κ2) is 49.2. The van der Waals surface area contributed by atoms with Crippen LogP contribution in [0.3, 0.4) is 0 Å². The van der Waals surface area contributed by atoms with Gasteiger partial charge in [0.05, 0.1) is 18.7 Å². The summed E-state index contributed by atoms with van der Waals surface area (Å²) in [6.45, 7) is 26.3. The number of primary amides is 1. The first-order chi connectivity index (χ1) is 27.6. The van der Waals surface area contributed by atoms with Crippen LogP contribution >= 0.6 is 0 Å². The minimum absolute atomic E-state index is 0.0751. The summed E-state index contributed by atoms with van der Waals surface area (Å²) in [6.07, 6.45) is 15.6. The lowest BCUT2D eigenvalue weighted by molar-refractivity contribution is -0.139. The van der Waals surface area contributed by atoms with Crippen molar-refractivity contribution in [3.63, 3.8) is 0 Å². The summed E-state index contributed by atoms with van der Waals surface area (Å²) in [5.41, 5.74) is 6.77. The van der Waals surface area contributed by atoms with Crippen molar-refractivity contribution in [2.24, 2.45) is 5.73 Å². The molecule has 2 aliphatic heterocycles. The third-order valence-corrected chi connectivity index (χ3v) is 7.76. The van der Waals surface area contributed by atoms with Crippen LogP contribution < -0.4 is 32.3 Å². The second-order valence-corrected chi connectivity index (χ2v) is 11.7. The van der Waals surface area contributed by atoms with Gasteiger partial charge in [0.1, 0.15) is 12.6 Å². The van der Waals surface area contributed by atoms with Crippen molar-refractivity contribution in [2.75, 3.05) is 67.0 Å². The van der Waals surface area contributed by atoms with E-state index in [0.29, 0.717) is 6.41 Å². The zero-order valence-corrected chi connectivity index (χ0v) is 36.6. The molecule has 0 bridgehead atoms. The highest BCUT2D eigenvalue weighted by atomic mass is 16.5. The number of amides is 6. The smallest absolute Gasteiger partial charge is 0.247 e. The van der Waals surface area contributed by atoms with Gasteiger partial charge < -0.3 is 46.9 Å². The summed E-state index contributed by atoms with van der Waals surface area (Å²) >= 11 is 0. The highest BCUT2D eigenvalue weighted by Crippen LogP contribution is 2.25. The molecule has 2 heterocycles. The van der Waals surface area contributed by atoms with Gasteiger partial charge in [-0.15, -0.1) is 19.1 Å². The molecule has 0 radical (unpaired) electrons. The van der Waals surface area contributed by atoms with Crippen LogP contribution in [0.1, 0.15) is 86.5 Å². The molecule has 0 spiro atoms. The van der Waals surface area contributed by atoms with Gasteiger partial charge in [-0.3, -0.25) is 28.8 Å². The third kappa shape index (κ3) is 36.6. The molecule has 3 atom stereocenters. The monoisotopic (exact) mass is 807 g/mol. The van der Waals surface area contributed by atoms with E-state index >= 15 is 0 Å². The Bertz CT molecular complexity index is 1140. The van der Waals surface area contributed by atoms with Crippen molar-refractivity contribution in [1.29, 1.82) is 0 Å². The summed E-state index contributed by atoms with van der Waals surface area (Å²) in [4.78, 5) is 65.9. The van der Waals surface area contributed by atoms with Crippen LogP contribution in [-0.2, 0) is 33.5 Å². The Balaban J connectivity index is -0.000000214. The number of ether oxygens (including phenoxy) is 1. The van der Waals surface area contributed by atoms with Gasteiger partial charge in [-0.05, 0) is 91.9 Å². The fourth-order valence-electron chi connectivity index (χ4n) is 4.94. The molecule has 328 valence electrons. The number of nitrogens with zero attached hydrogens (tertiary/aromatic N) is 2. The number of rotatable bonds is 14. The number of carbonyl (C=O) groups excluding carboxylic acids is 6. The predicted molar refractivity (Wildman–Crippen MR) is 234 cm³/mol. The van der Waals surface area contributed by atoms with Crippen molar-refractivity contribution in [3.8, 4) is 11.8 Å². The minimum Gasteiger partial charge on any atom is -0.372 e. The number of hydrogen-bond donors (Lipinski definition) is 6. The molecule has 3 aliphatic rings. The van der Waals surface area contributed by atoms with Gasteiger partial charge in [0.2, 0.25) is 37.5 Å². The molecule has 0 aromatic heterocycles. The molecule has 15 nitrogen and oxygen atoms in total. The van der Waals surface area contributed by atoms with Crippen LogP contribution in [0.5, 0.6) is 0 Å². The maximum atomic E-state index is 12.5. The molecule has 3 unspecified atom stereocenters. The van der Waals surface area contributed by atoms with Crippen LogP contribution in [0, 0.1) is 11.8 Å².